The zero-order valence-electron chi connectivity index (χ0n) is 27.0. The van der Waals surface area contributed by atoms with Crippen LogP contribution in [0, 0.1) is 34.5 Å². The monoisotopic (exact) mass is 590 g/mol. The number of fused-ring (bicyclic) bond motifs is 6. The van der Waals surface area contributed by atoms with Crippen molar-refractivity contribution >= 4 is 19.9 Å². The second-order valence-corrected chi connectivity index (χ2v) is 20.8. The van der Waals surface area contributed by atoms with Crippen LogP contribution in [0.5, 0.6) is 0 Å². The van der Waals surface area contributed by atoms with Crippen molar-refractivity contribution in [2.24, 2.45) is 34.5 Å². The molecule has 10 atom stereocenters. The van der Waals surface area contributed by atoms with E-state index in [1.54, 1.807) is 6.92 Å². The molecule has 41 heavy (non-hydrogen) atoms. The van der Waals surface area contributed by atoms with Crippen molar-refractivity contribution in [3.63, 3.8) is 0 Å². The van der Waals surface area contributed by atoms with Crippen molar-refractivity contribution < 1.29 is 33.7 Å². The lowest BCUT2D eigenvalue weighted by molar-refractivity contribution is -0.171. The third-order valence-electron chi connectivity index (χ3n) is 11.8. The molecule has 0 bridgehead atoms. The Morgan fingerprint density at radius 1 is 1.10 bits per heavy atom. The summed E-state index contributed by atoms with van der Waals surface area (Å²) < 4.78 is 19.9. The van der Waals surface area contributed by atoms with Crippen LogP contribution in [-0.4, -0.2) is 65.4 Å². The fourth-order valence-electron chi connectivity index (χ4n) is 9.86. The number of aliphatic hydroxyl groups is 2. The normalized spacial score (nSPS) is 43.9. The highest BCUT2D eigenvalue weighted by Gasteiger charge is 2.71. The summed E-state index contributed by atoms with van der Waals surface area (Å²) in [6.45, 7) is 20.3. The Kier molecular flexibility index (Phi) is 7.53. The summed E-state index contributed by atoms with van der Waals surface area (Å²) in [5.41, 5.74) is -1.85. The fourth-order valence-corrected chi connectivity index (χ4v) is 11.4. The van der Waals surface area contributed by atoms with Gasteiger partial charge in [0.25, 0.3) is 0 Å². The third kappa shape index (κ3) is 4.87. The number of allylic oxidation sites excluding steroid dienone is 1. The summed E-state index contributed by atoms with van der Waals surface area (Å²) in [5, 5.41) is 23.3. The van der Waals surface area contributed by atoms with Gasteiger partial charge in [0.15, 0.2) is 19.9 Å². The molecule has 1 heterocycles. The number of ether oxygens (including phenoxy) is 2. The molecule has 0 amide bonds. The average Bonchev–Trinajstić information content (AvgIpc) is 3.28. The van der Waals surface area contributed by atoms with Gasteiger partial charge in [0, 0.05) is 23.7 Å². The molecule has 0 aromatic rings. The molecule has 0 radical (unpaired) electrons. The molecular formula is C33H54O7Si. The molecule has 2 N–H and O–H groups in total. The van der Waals surface area contributed by atoms with Crippen molar-refractivity contribution in [3.05, 3.63) is 11.6 Å². The maximum absolute atomic E-state index is 14.1. The minimum Gasteiger partial charge on any atom is -0.408 e. The van der Waals surface area contributed by atoms with Crippen LogP contribution in [0.3, 0.4) is 0 Å². The highest BCUT2D eigenvalue weighted by atomic mass is 28.4. The maximum Gasteiger partial charge on any atom is 0.184 e. The summed E-state index contributed by atoms with van der Waals surface area (Å²) >= 11 is 0. The van der Waals surface area contributed by atoms with Crippen molar-refractivity contribution in [1.29, 1.82) is 0 Å². The molecule has 3 saturated carbocycles. The van der Waals surface area contributed by atoms with Crippen LogP contribution in [0.4, 0.5) is 0 Å². The lowest BCUT2D eigenvalue weighted by Gasteiger charge is -2.63. The molecule has 0 unspecified atom stereocenters. The van der Waals surface area contributed by atoms with E-state index >= 15 is 0 Å². The standard InChI is InChI=1S/C33H54O7Si/c1-19(2)23(34)17-28(36)32(7,37)27-12-14-33(40-41(8,9)10)21-15-24(35)22-16-25-26(39-29(3,4)38-25)18-30(22,5)20(21)11-13-31(27,33)6/h15,19-20,22,25-28,36-37H,11-14,16-18H2,1-10H3/t20-,22-,25+,26-,27-,28+,30+,31+,32+,33+/m0/s1. The van der Waals surface area contributed by atoms with E-state index in [2.05, 4.69) is 33.5 Å². The van der Waals surface area contributed by atoms with Crippen LogP contribution in [0.15, 0.2) is 11.6 Å². The molecule has 5 rings (SSSR count). The Hall–Kier alpha value is -0.903. The number of hydrogen-bond acceptors (Lipinski definition) is 7. The summed E-state index contributed by atoms with van der Waals surface area (Å²) in [5.74, 6) is -0.977. The van der Waals surface area contributed by atoms with Crippen molar-refractivity contribution in [2.45, 2.75) is 148 Å². The molecule has 8 heteroatoms. The van der Waals surface area contributed by atoms with Gasteiger partial charge in [-0.2, -0.15) is 0 Å². The summed E-state index contributed by atoms with van der Waals surface area (Å²) in [7, 11) is -2.15. The molecule has 1 saturated heterocycles. The Bertz CT molecular complexity index is 1120. The van der Waals surface area contributed by atoms with Gasteiger partial charge in [0.05, 0.1) is 29.5 Å². The van der Waals surface area contributed by atoms with E-state index in [4.69, 9.17) is 13.9 Å². The molecule has 4 aliphatic carbocycles. The molecule has 5 aliphatic rings. The minimum absolute atomic E-state index is 0.0359. The maximum atomic E-state index is 14.1. The molecule has 0 aromatic heterocycles. The van der Waals surface area contributed by atoms with E-state index in [9.17, 15) is 19.8 Å². The highest BCUT2D eigenvalue weighted by molar-refractivity contribution is 6.69. The van der Waals surface area contributed by atoms with Crippen LogP contribution in [-0.2, 0) is 23.5 Å². The zero-order valence-corrected chi connectivity index (χ0v) is 28.0. The van der Waals surface area contributed by atoms with Gasteiger partial charge in [-0.05, 0) is 108 Å². The first kappa shape index (κ1) is 31.5. The van der Waals surface area contributed by atoms with Crippen molar-refractivity contribution in [2.75, 3.05) is 0 Å². The number of carbonyl (C=O) groups is 2. The minimum atomic E-state index is -2.15. The predicted molar refractivity (Wildman–Crippen MR) is 160 cm³/mol. The molecular weight excluding hydrogens is 536 g/mol. The van der Waals surface area contributed by atoms with E-state index in [-0.39, 0.29) is 59.3 Å². The smallest absolute Gasteiger partial charge is 0.184 e. The summed E-state index contributed by atoms with van der Waals surface area (Å²) in [6.07, 6.45) is 5.09. The van der Waals surface area contributed by atoms with E-state index in [1.165, 1.54) is 0 Å². The second kappa shape index (κ2) is 9.80. The average molecular weight is 591 g/mol. The number of hydrogen-bond donors (Lipinski definition) is 2. The largest absolute Gasteiger partial charge is 0.408 e. The second-order valence-electron chi connectivity index (χ2n) is 16.4. The summed E-state index contributed by atoms with van der Waals surface area (Å²) in [6, 6.07) is 0. The number of Topliss-reactive ketones (excluding diaryl/α,β-unsaturated/α-hetero) is 1. The first-order valence-electron chi connectivity index (χ1n) is 15.9. The zero-order chi connectivity index (χ0) is 30.6. The SMILES string of the molecule is CC(C)C(=O)C[C@@H](O)[C@](C)(O)[C@H]1CC[C@@]2(O[Si](C)(C)C)C3=CC(=O)[C@@H]4C[C@H]5OC(C)(C)O[C@H]5C[C@]4(C)[C@H]3CC[C@]12C. The number of rotatable bonds is 7. The van der Waals surface area contributed by atoms with Crippen molar-refractivity contribution in [1.82, 2.24) is 0 Å². The van der Waals surface area contributed by atoms with Crippen LogP contribution >= 0.6 is 0 Å². The Balaban J connectivity index is 1.56. The lowest BCUT2D eigenvalue weighted by Crippen LogP contribution is -2.65. The molecule has 1 aliphatic heterocycles. The Morgan fingerprint density at radius 2 is 1.73 bits per heavy atom. The Morgan fingerprint density at radius 3 is 2.34 bits per heavy atom. The quantitative estimate of drug-likeness (QED) is 0.374. The first-order chi connectivity index (χ1) is 18.7. The predicted octanol–water partition coefficient (Wildman–Crippen LogP) is 5.58. The van der Waals surface area contributed by atoms with Gasteiger partial charge in [-0.15, -0.1) is 0 Å². The molecule has 7 nitrogen and oxygen atoms in total. The fraction of sp³-hybridized carbons (Fsp3) is 0.879. The van der Waals surface area contributed by atoms with Crippen LogP contribution in [0.2, 0.25) is 19.6 Å². The number of aliphatic hydroxyl groups excluding tert-OH is 1. The summed E-state index contributed by atoms with van der Waals surface area (Å²) in [4.78, 5) is 26.7. The van der Waals surface area contributed by atoms with E-state index in [0.29, 0.717) is 19.3 Å². The van der Waals surface area contributed by atoms with Crippen LogP contribution in [0.25, 0.3) is 0 Å². The van der Waals surface area contributed by atoms with E-state index < -0.39 is 36.8 Å². The molecule has 4 fully saturated rings. The van der Waals surface area contributed by atoms with Gasteiger partial charge in [-0.25, -0.2) is 0 Å². The molecule has 0 spiro atoms. The number of ketones is 2. The van der Waals surface area contributed by atoms with Crippen LogP contribution < -0.4 is 0 Å². The molecule has 0 aromatic carbocycles. The number of carbonyl (C=O) groups excluding carboxylic acids is 2. The van der Waals surface area contributed by atoms with Gasteiger partial charge in [0.1, 0.15) is 5.78 Å². The van der Waals surface area contributed by atoms with Crippen LogP contribution in [0.1, 0.15) is 93.4 Å². The highest BCUT2D eigenvalue weighted by Crippen LogP contribution is 2.70. The van der Waals surface area contributed by atoms with Gasteiger partial charge in [0.2, 0.25) is 0 Å². The van der Waals surface area contributed by atoms with E-state index in [1.807, 2.05) is 33.8 Å². The first-order valence-corrected chi connectivity index (χ1v) is 19.3. The van der Waals surface area contributed by atoms with Gasteiger partial charge in [-0.1, -0.05) is 27.7 Å². The van der Waals surface area contributed by atoms with Crippen molar-refractivity contribution in [3.8, 4) is 0 Å². The van der Waals surface area contributed by atoms with Gasteiger partial charge in [-0.3, -0.25) is 9.59 Å². The van der Waals surface area contributed by atoms with Gasteiger partial charge >= 0.3 is 0 Å². The third-order valence-corrected chi connectivity index (χ3v) is 12.8. The molecule has 232 valence electrons. The topological polar surface area (TPSA) is 102 Å². The van der Waals surface area contributed by atoms with Gasteiger partial charge < -0.3 is 24.1 Å². The lowest BCUT2D eigenvalue weighted by atomic mass is 9.45. The Labute approximate surface area is 247 Å². The van der Waals surface area contributed by atoms with E-state index in [0.717, 1.165) is 24.8 Å².